The van der Waals surface area contributed by atoms with Crippen molar-refractivity contribution >= 4 is 47.4 Å². The average Bonchev–Trinajstić information content (AvgIpc) is 2.61. The van der Waals surface area contributed by atoms with Crippen molar-refractivity contribution in [2.45, 2.75) is 19.3 Å². The van der Waals surface area contributed by atoms with E-state index in [0.29, 0.717) is 24.2 Å². The van der Waals surface area contributed by atoms with E-state index in [1.807, 2.05) is 24.3 Å². The van der Waals surface area contributed by atoms with Crippen LogP contribution in [0, 0.1) is 0 Å². The van der Waals surface area contributed by atoms with E-state index in [1.165, 1.54) is 4.90 Å². The van der Waals surface area contributed by atoms with Crippen LogP contribution in [0.5, 0.6) is 0 Å². The number of unbranched alkanes of at least 4 members (excludes halogenated alkanes) is 1. The first-order valence-electron chi connectivity index (χ1n) is 8.53. The Labute approximate surface area is 166 Å². The second kappa shape index (κ2) is 10.5. The summed E-state index contributed by atoms with van der Waals surface area (Å²) in [4.78, 5) is 26.8. The number of benzene rings is 2. The Morgan fingerprint density at radius 3 is 2.00 bits per heavy atom. The van der Waals surface area contributed by atoms with Gasteiger partial charge in [0.05, 0.1) is 0 Å². The van der Waals surface area contributed by atoms with E-state index in [1.54, 1.807) is 12.1 Å². The van der Waals surface area contributed by atoms with E-state index in [0.717, 1.165) is 43.1 Å². The van der Waals surface area contributed by atoms with E-state index in [9.17, 15) is 9.59 Å². The first-order valence-corrected chi connectivity index (χ1v) is 8.53. The van der Waals surface area contributed by atoms with Crippen molar-refractivity contribution in [2.75, 3.05) is 26.2 Å². The predicted octanol–water partition coefficient (Wildman–Crippen LogP) is 3.00. The van der Waals surface area contributed by atoms with E-state index >= 15 is 0 Å². The van der Waals surface area contributed by atoms with Crippen LogP contribution < -0.4 is 11.1 Å². The summed E-state index contributed by atoms with van der Waals surface area (Å²) in [6, 6.07) is 11.2. The molecule has 3 rings (SSSR count). The standard InChI is InChI=1S/C19H23N3O2.2ClH/c20-10-1-2-11-21-12-5-13-22-18(23)15-8-3-6-14-7-4-9-16(17(14)15)19(22)24;;/h3-4,6-9,21H,1-2,5,10-13,20H2;2*1H. The lowest BCUT2D eigenvalue weighted by molar-refractivity contribution is 0.0609. The van der Waals surface area contributed by atoms with Crippen LogP contribution in [-0.4, -0.2) is 42.9 Å². The number of nitrogens with two attached hydrogens (primary N) is 1. The molecule has 0 aliphatic carbocycles. The van der Waals surface area contributed by atoms with Gasteiger partial charge in [-0.1, -0.05) is 24.3 Å². The summed E-state index contributed by atoms with van der Waals surface area (Å²) in [6.07, 6.45) is 2.81. The van der Waals surface area contributed by atoms with Crippen LogP contribution in [0.15, 0.2) is 36.4 Å². The molecule has 0 aromatic heterocycles. The summed E-state index contributed by atoms with van der Waals surface area (Å²) in [6.45, 7) is 2.85. The van der Waals surface area contributed by atoms with E-state index in [2.05, 4.69) is 5.32 Å². The van der Waals surface area contributed by atoms with Crippen molar-refractivity contribution < 1.29 is 9.59 Å². The summed E-state index contributed by atoms with van der Waals surface area (Å²) in [7, 11) is 0. The zero-order valence-corrected chi connectivity index (χ0v) is 16.2. The number of rotatable bonds is 8. The molecule has 1 heterocycles. The number of hydrogen-bond donors (Lipinski definition) is 2. The molecule has 1 aliphatic rings. The summed E-state index contributed by atoms with van der Waals surface area (Å²) in [5.74, 6) is -0.375. The minimum atomic E-state index is -0.188. The van der Waals surface area contributed by atoms with Gasteiger partial charge in [-0.25, -0.2) is 0 Å². The van der Waals surface area contributed by atoms with Gasteiger partial charge in [-0.05, 0) is 56.4 Å². The fourth-order valence-electron chi connectivity index (χ4n) is 3.17. The molecular weight excluding hydrogens is 373 g/mol. The van der Waals surface area contributed by atoms with Gasteiger partial charge in [0.15, 0.2) is 0 Å². The summed E-state index contributed by atoms with van der Waals surface area (Å²) in [5.41, 5.74) is 6.71. The van der Waals surface area contributed by atoms with Crippen molar-refractivity contribution in [1.82, 2.24) is 10.2 Å². The first kappa shape index (κ1) is 22.4. The Morgan fingerprint density at radius 1 is 0.846 bits per heavy atom. The Bertz CT molecular complexity index is 717. The van der Waals surface area contributed by atoms with Crippen molar-refractivity contribution in [1.29, 1.82) is 0 Å². The summed E-state index contributed by atoms with van der Waals surface area (Å²) >= 11 is 0. The SMILES string of the molecule is Cl.Cl.NCCCCNCCCN1C(=O)c2cccc3cccc(c23)C1=O. The normalized spacial score (nSPS) is 12.7. The first-order chi connectivity index (χ1) is 11.7. The molecule has 5 nitrogen and oxygen atoms in total. The molecule has 3 N–H and O–H groups in total. The fraction of sp³-hybridized carbons (Fsp3) is 0.368. The molecule has 0 bridgehead atoms. The maximum atomic E-state index is 12.7. The monoisotopic (exact) mass is 397 g/mol. The third-order valence-electron chi connectivity index (χ3n) is 4.40. The minimum Gasteiger partial charge on any atom is -0.330 e. The topological polar surface area (TPSA) is 75.4 Å². The van der Waals surface area contributed by atoms with Crippen LogP contribution >= 0.6 is 24.8 Å². The Balaban J connectivity index is 0.00000169. The predicted molar refractivity (Wildman–Crippen MR) is 110 cm³/mol. The maximum Gasteiger partial charge on any atom is 0.261 e. The largest absolute Gasteiger partial charge is 0.330 e. The highest BCUT2D eigenvalue weighted by molar-refractivity contribution is 6.25. The number of carbonyl (C=O) groups is 2. The highest BCUT2D eigenvalue weighted by Crippen LogP contribution is 2.29. The van der Waals surface area contributed by atoms with Crippen LogP contribution in [0.1, 0.15) is 40.0 Å². The van der Waals surface area contributed by atoms with Crippen LogP contribution in [0.25, 0.3) is 10.8 Å². The number of hydrogen-bond acceptors (Lipinski definition) is 4. The van der Waals surface area contributed by atoms with Crippen molar-refractivity contribution in [2.24, 2.45) is 5.73 Å². The molecule has 0 radical (unpaired) electrons. The van der Waals surface area contributed by atoms with Crippen molar-refractivity contribution in [3.63, 3.8) is 0 Å². The number of nitrogens with one attached hydrogen (secondary N) is 1. The summed E-state index contributed by atoms with van der Waals surface area (Å²) in [5, 5.41) is 5.04. The Hall–Kier alpha value is -1.66. The van der Waals surface area contributed by atoms with Crippen LogP contribution in [0.2, 0.25) is 0 Å². The second-order valence-corrected chi connectivity index (χ2v) is 6.07. The second-order valence-electron chi connectivity index (χ2n) is 6.07. The Kier molecular flexibility index (Phi) is 9.02. The van der Waals surface area contributed by atoms with Gasteiger partial charge in [0.25, 0.3) is 11.8 Å². The third-order valence-corrected chi connectivity index (χ3v) is 4.40. The molecule has 0 saturated heterocycles. The number of carbonyl (C=O) groups excluding carboxylic acids is 2. The molecule has 2 aromatic carbocycles. The smallest absolute Gasteiger partial charge is 0.261 e. The summed E-state index contributed by atoms with van der Waals surface area (Å²) < 4.78 is 0. The molecule has 0 saturated carbocycles. The zero-order valence-electron chi connectivity index (χ0n) is 14.6. The van der Waals surface area contributed by atoms with E-state index in [-0.39, 0.29) is 36.6 Å². The number of nitrogens with zero attached hydrogens (tertiary/aromatic N) is 1. The molecule has 7 heteroatoms. The molecular formula is C19H25Cl2N3O2. The molecule has 0 spiro atoms. The van der Waals surface area contributed by atoms with E-state index < -0.39 is 0 Å². The molecule has 142 valence electrons. The van der Waals surface area contributed by atoms with Gasteiger partial charge in [-0.2, -0.15) is 0 Å². The molecule has 0 atom stereocenters. The average molecular weight is 398 g/mol. The van der Waals surface area contributed by atoms with Crippen molar-refractivity contribution in [3.8, 4) is 0 Å². The van der Waals surface area contributed by atoms with Crippen molar-refractivity contribution in [3.05, 3.63) is 47.5 Å². The van der Waals surface area contributed by atoms with Gasteiger partial charge < -0.3 is 11.1 Å². The zero-order chi connectivity index (χ0) is 16.9. The molecule has 0 fully saturated rings. The fourth-order valence-corrected chi connectivity index (χ4v) is 3.17. The minimum absolute atomic E-state index is 0. The number of halogens is 2. The lowest BCUT2D eigenvalue weighted by Crippen LogP contribution is -2.41. The van der Waals surface area contributed by atoms with Crippen LogP contribution in [0.4, 0.5) is 0 Å². The van der Waals surface area contributed by atoms with Gasteiger partial charge >= 0.3 is 0 Å². The molecule has 0 unspecified atom stereocenters. The van der Waals surface area contributed by atoms with Gasteiger partial charge in [0.1, 0.15) is 0 Å². The lowest BCUT2D eigenvalue weighted by atomic mass is 9.94. The molecule has 1 aliphatic heterocycles. The highest BCUT2D eigenvalue weighted by Gasteiger charge is 2.31. The van der Waals surface area contributed by atoms with Crippen LogP contribution in [0.3, 0.4) is 0 Å². The molecule has 2 aromatic rings. The van der Waals surface area contributed by atoms with E-state index in [4.69, 9.17) is 5.73 Å². The van der Waals surface area contributed by atoms with Crippen LogP contribution in [-0.2, 0) is 0 Å². The third kappa shape index (κ3) is 4.54. The van der Waals surface area contributed by atoms with Gasteiger partial charge in [-0.15, -0.1) is 24.8 Å². The quantitative estimate of drug-likeness (QED) is 0.530. The molecule has 2 amide bonds. The highest BCUT2D eigenvalue weighted by atomic mass is 35.5. The lowest BCUT2D eigenvalue weighted by Gasteiger charge is -2.27. The maximum absolute atomic E-state index is 12.7. The molecule has 26 heavy (non-hydrogen) atoms. The van der Waals surface area contributed by atoms with Gasteiger partial charge in [0.2, 0.25) is 0 Å². The Morgan fingerprint density at radius 2 is 1.42 bits per heavy atom. The number of imide groups is 1. The van der Waals surface area contributed by atoms with Gasteiger partial charge in [-0.3, -0.25) is 14.5 Å². The van der Waals surface area contributed by atoms with Gasteiger partial charge in [0, 0.05) is 23.1 Å². The number of amides is 2.